The van der Waals surface area contributed by atoms with E-state index in [9.17, 15) is 8.78 Å². The van der Waals surface area contributed by atoms with E-state index in [0.717, 1.165) is 63.2 Å². The van der Waals surface area contributed by atoms with Gasteiger partial charge in [0.2, 0.25) is 11.7 Å². The van der Waals surface area contributed by atoms with E-state index in [-0.39, 0.29) is 11.5 Å². The minimum atomic E-state index is -1.10. The van der Waals surface area contributed by atoms with Crippen LogP contribution in [0.2, 0.25) is 0 Å². The summed E-state index contributed by atoms with van der Waals surface area (Å²) in [5, 5.41) is 0. The van der Waals surface area contributed by atoms with Gasteiger partial charge in [-0.05, 0) is 49.4 Å². The second kappa shape index (κ2) is 20.3. The van der Waals surface area contributed by atoms with E-state index < -0.39 is 11.7 Å². The molecule has 0 heterocycles. The molecule has 0 radical (unpaired) electrons. The minimum Gasteiger partial charge on any atom is -0.491 e. The number of hydrogen-bond donors (Lipinski definition) is 0. The Balaban J connectivity index is 0. The summed E-state index contributed by atoms with van der Waals surface area (Å²) in [5.74, 6) is -0.450. The molecule has 0 aromatic heterocycles. The molecule has 0 amide bonds. The predicted molar refractivity (Wildman–Crippen MR) is 136 cm³/mol. The Hall–Kier alpha value is -1.32. The van der Waals surface area contributed by atoms with Crippen molar-refractivity contribution in [3.05, 3.63) is 36.3 Å². The van der Waals surface area contributed by atoms with E-state index >= 15 is 0 Å². The first kappa shape index (κ1) is 32.9. The first-order chi connectivity index (χ1) is 15.4. The smallest absolute Gasteiger partial charge is 0.203 e. The van der Waals surface area contributed by atoms with Crippen LogP contribution in [0.15, 0.2) is 36.3 Å². The third kappa shape index (κ3) is 13.3. The van der Waals surface area contributed by atoms with E-state index in [1.165, 1.54) is 0 Å². The summed E-state index contributed by atoms with van der Waals surface area (Å²) in [4.78, 5) is 0. The van der Waals surface area contributed by atoms with Crippen molar-refractivity contribution in [3.8, 4) is 0 Å². The molecule has 0 atom stereocenters. The molecule has 0 aliphatic heterocycles. The molecule has 2 aliphatic carbocycles. The molecule has 2 aliphatic rings. The highest BCUT2D eigenvalue weighted by molar-refractivity contribution is 5.29. The normalized spacial score (nSPS) is 25.2. The third-order valence-electron chi connectivity index (χ3n) is 5.94. The average molecular weight is 459 g/mol. The predicted octanol–water partition coefficient (Wildman–Crippen LogP) is 9.93. The van der Waals surface area contributed by atoms with Crippen LogP contribution in [0, 0.1) is 23.7 Å². The monoisotopic (exact) mass is 458 g/mol. The lowest BCUT2D eigenvalue weighted by Gasteiger charge is -2.26. The Kier molecular flexibility index (Phi) is 20.8. The van der Waals surface area contributed by atoms with Crippen LogP contribution in [0.1, 0.15) is 107 Å². The molecule has 32 heavy (non-hydrogen) atoms. The first-order valence-corrected chi connectivity index (χ1v) is 13.1. The van der Waals surface area contributed by atoms with Crippen molar-refractivity contribution in [2.45, 2.75) is 107 Å². The first-order valence-electron chi connectivity index (χ1n) is 13.1. The largest absolute Gasteiger partial charge is 0.491 e. The molecule has 0 aromatic rings. The molecule has 0 N–H and O–H groups in total. The number of ether oxygens (including phenoxy) is 2. The van der Waals surface area contributed by atoms with Crippen molar-refractivity contribution in [1.82, 2.24) is 0 Å². The Bertz CT molecular complexity index is 466. The molecule has 2 rings (SSSR count). The van der Waals surface area contributed by atoms with E-state index in [1.54, 1.807) is 0 Å². The summed E-state index contributed by atoms with van der Waals surface area (Å²) >= 11 is 0. The van der Waals surface area contributed by atoms with E-state index in [4.69, 9.17) is 9.47 Å². The Labute approximate surface area is 198 Å². The highest BCUT2D eigenvalue weighted by Gasteiger charge is 2.22. The van der Waals surface area contributed by atoms with E-state index in [1.807, 2.05) is 41.5 Å². The van der Waals surface area contributed by atoms with Gasteiger partial charge in [-0.15, -0.1) is 0 Å². The van der Waals surface area contributed by atoms with E-state index in [2.05, 4.69) is 27.0 Å². The van der Waals surface area contributed by atoms with Crippen LogP contribution < -0.4 is 0 Å². The van der Waals surface area contributed by atoms with Gasteiger partial charge in [-0.25, -0.2) is 0 Å². The zero-order valence-corrected chi connectivity index (χ0v) is 22.4. The van der Waals surface area contributed by atoms with Crippen molar-refractivity contribution < 1.29 is 18.3 Å². The molecule has 190 valence electrons. The van der Waals surface area contributed by atoms with Gasteiger partial charge in [0.05, 0.1) is 13.2 Å². The van der Waals surface area contributed by atoms with Crippen molar-refractivity contribution >= 4 is 0 Å². The highest BCUT2D eigenvalue weighted by Crippen LogP contribution is 2.31. The maximum atomic E-state index is 14.2. The van der Waals surface area contributed by atoms with Crippen LogP contribution in [-0.2, 0) is 9.47 Å². The van der Waals surface area contributed by atoms with Crippen molar-refractivity contribution in [3.63, 3.8) is 0 Å². The standard InChI is InChI=1S/C22H34F2O2.3C2H6/c1-15-5-9-19(10-6-15)13-25-17(3)21(23)22(24)18(4)26-14-20-11-7-16(2)8-12-20;3*1-2/h15-16,19-20H,3-14H2,1-2H3;3*1-2H3/b22-21-;;;. The summed E-state index contributed by atoms with van der Waals surface area (Å²) in [6, 6.07) is 0. The summed E-state index contributed by atoms with van der Waals surface area (Å²) in [5.41, 5.74) is 0. The van der Waals surface area contributed by atoms with Gasteiger partial charge in [-0.2, -0.15) is 8.78 Å². The average Bonchev–Trinajstić information content (AvgIpc) is 2.85. The lowest BCUT2D eigenvalue weighted by atomic mass is 9.83. The fourth-order valence-corrected chi connectivity index (χ4v) is 3.80. The number of hydrogen-bond acceptors (Lipinski definition) is 2. The number of halogens is 2. The van der Waals surface area contributed by atoms with Gasteiger partial charge in [-0.3, -0.25) is 0 Å². The van der Waals surface area contributed by atoms with Crippen LogP contribution in [0.3, 0.4) is 0 Å². The molecule has 4 heteroatoms. The van der Waals surface area contributed by atoms with Crippen LogP contribution >= 0.6 is 0 Å². The maximum absolute atomic E-state index is 14.2. The van der Waals surface area contributed by atoms with Gasteiger partial charge < -0.3 is 9.47 Å². The van der Waals surface area contributed by atoms with E-state index in [0.29, 0.717) is 25.0 Å². The fourth-order valence-electron chi connectivity index (χ4n) is 3.80. The molecule has 0 saturated heterocycles. The topological polar surface area (TPSA) is 18.5 Å². The van der Waals surface area contributed by atoms with Gasteiger partial charge in [-0.1, -0.05) is 94.2 Å². The maximum Gasteiger partial charge on any atom is 0.203 e. The molecule has 0 bridgehead atoms. The molecular formula is C28H52F2O2. The highest BCUT2D eigenvalue weighted by atomic mass is 19.2. The van der Waals surface area contributed by atoms with Crippen LogP contribution in [0.5, 0.6) is 0 Å². The Morgan fingerprint density at radius 3 is 1.09 bits per heavy atom. The second-order valence-electron chi connectivity index (χ2n) is 8.35. The van der Waals surface area contributed by atoms with Crippen LogP contribution in [-0.4, -0.2) is 13.2 Å². The molecule has 0 aromatic carbocycles. The molecule has 0 unspecified atom stereocenters. The zero-order chi connectivity index (χ0) is 25.1. The molecular weight excluding hydrogens is 406 g/mol. The Morgan fingerprint density at radius 2 is 0.844 bits per heavy atom. The van der Waals surface area contributed by atoms with Crippen molar-refractivity contribution in [2.24, 2.45) is 23.7 Å². The quantitative estimate of drug-likeness (QED) is 0.266. The van der Waals surface area contributed by atoms with Gasteiger partial charge in [0.1, 0.15) is 0 Å². The lowest BCUT2D eigenvalue weighted by Crippen LogP contribution is -2.17. The zero-order valence-electron chi connectivity index (χ0n) is 22.4. The third-order valence-corrected chi connectivity index (χ3v) is 5.94. The molecule has 0 spiro atoms. The van der Waals surface area contributed by atoms with Crippen molar-refractivity contribution in [2.75, 3.05) is 13.2 Å². The molecule has 2 fully saturated rings. The van der Waals surface area contributed by atoms with Crippen LogP contribution in [0.4, 0.5) is 8.78 Å². The summed E-state index contributed by atoms with van der Waals surface area (Å²) < 4.78 is 39.2. The number of rotatable bonds is 8. The minimum absolute atomic E-state index is 0.266. The summed E-state index contributed by atoms with van der Waals surface area (Å²) in [6.07, 6.45) is 8.93. The second-order valence-corrected chi connectivity index (χ2v) is 8.35. The summed E-state index contributed by atoms with van der Waals surface area (Å²) in [7, 11) is 0. The Morgan fingerprint density at radius 1 is 0.594 bits per heavy atom. The fraction of sp³-hybridized carbons (Fsp3) is 0.786. The number of allylic oxidation sites excluding steroid dienone is 2. The van der Waals surface area contributed by atoms with Gasteiger partial charge in [0.25, 0.3) is 0 Å². The lowest BCUT2D eigenvalue weighted by molar-refractivity contribution is 0.122. The van der Waals surface area contributed by atoms with Crippen molar-refractivity contribution in [1.29, 1.82) is 0 Å². The van der Waals surface area contributed by atoms with Gasteiger partial charge >= 0.3 is 0 Å². The van der Waals surface area contributed by atoms with Crippen LogP contribution in [0.25, 0.3) is 0 Å². The SMILES string of the molecule is C=C(OCC1CCC(C)CC1)/C(F)=C(/F)C(=C)OCC1CCC(C)CC1.CC.CC.CC. The molecule has 2 saturated carbocycles. The van der Waals surface area contributed by atoms with Gasteiger partial charge in [0, 0.05) is 0 Å². The summed E-state index contributed by atoms with van der Waals surface area (Å²) in [6.45, 7) is 24.3. The van der Waals surface area contributed by atoms with Gasteiger partial charge in [0.15, 0.2) is 11.5 Å². The molecule has 2 nitrogen and oxygen atoms in total.